The molecule has 2 N–H and O–H groups in total. The van der Waals surface area contributed by atoms with Crippen molar-refractivity contribution < 1.29 is 8.78 Å². The van der Waals surface area contributed by atoms with Gasteiger partial charge in [0.25, 0.3) is 6.43 Å². The summed E-state index contributed by atoms with van der Waals surface area (Å²) in [6.07, 6.45) is -0.0598. The van der Waals surface area contributed by atoms with Crippen LogP contribution in [-0.4, -0.2) is 24.0 Å². The molecule has 102 valence electrons. The van der Waals surface area contributed by atoms with Crippen LogP contribution in [0, 0.1) is 0 Å². The van der Waals surface area contributed by atoms with Crippen LogP contribution in [-0.2, 0) is 6.54 Å². The SMILES string of the molecule is Cl.NCC1CCCN1Cc1ccc(C(F)F)cc1. The van der Waals surface area contributed by atoms with Crippen LogP contribution in [0.4, 0.5) is 8.78 Å². The molecular formula is C13H19ClF2N2. The molecule has 0 amide bonds. The Kier molecular flexibility index (Phi) is 5.99. The van der Waals surface area contributed by atoms with Gasteiger partial charge in [0.05, 0.1) is 0 Å². The zero-order chi connectivity index (χ0) is 12.3. The first kappa shape index (κ1) is 15.3. The highest BCUT2D eigenvalue weighted by Crippen LogP contribution is 2.22. The quantitative estimate of drug-likeness (QED) is 0.916. The lowest BCUT2D eigenvalue weighted by molar-refractivity contribution is 0.151. The lowest BCUT2D eigenvalue weighted by atomic mass is 10.1. The van der Waals surface area contributed by atoms with Gasteiger partial charge < -0.3 is 5.73 Å². The molecule has 1 unspecified atom stereocenters. The maximum Gasteiger partial charge on any atom is 0.263 e. The third-order valence-corrected chi connectivity index (χ3v) is 3.39. The van der Waals surface area contributed by atoms with Crippen molar-refractivity contribution >= 4 is 12.4 Å². The minimum Gasteiger partial charge on any atom is -0.329 e. The van der Waals surface area contributed by atoms with Gasteiger partial charge in [0, 0.05) is 24.7 Å². The van der Waals surface area contributed by atoms with Crippen LogP contribution in [0.1, 0.15) is 30.4 Å². The van der Waals surface area contributed by atoms with Crippen LogP contribution in [0.3, 0.4) is 0 Å². The minimum atomic E-state index is -2.38. The Labute approximate surface area is 113 Å². The molecule has 5 heteroatoms. The Bertz CT molecular complexity index is 357. The first-order chi connectivity index (χ1) is 8.20. The summed E-state index contributed by atoms with van der Waals surface area (Å²) in [4.78, 5) is 2.33. The Morgan fingerprint density at radius 3 is 2.50 bits per heavy atom. The van der Waals surface area contributed by atoms with Crippen molar-refractivity contribution in [1.82, 2.24) is 4.90 Å². The molecule has 0 radical (unpaired) electrons. The topological polar surface area (TPSA) is 29.3 Å². The van der Waals surface area contributed by atoms with E-state index in [2.05, 4.69) is 4.90 Å². The van der Waals surface area contributed by atoms with Crippen molar-refractivity contribution in [2.75, 3.05) is 13.1 Å². The fraction of sp³-hybridized carbons (Fsp3) is 0.538. The van der Waals surface area contributed by atoms with Gasteiger partial charge in [-0.1, -0.05) is 24.3 Å². The zero-order valence-electron chi connectivity index (χ0n) is 10.2. The summed E-state index contributed by atoms with van der Waals surface area (Å²) < 4.78 is 24.8. The summed E-state index contributed by atoms with van der Waals surface area (Å²) in [5.41, 5.74) is 6.87. The first-order valence-electron chi connectivity index (χ1n) is 6.02. The Morgan fingerprint density at radius 1 is 1.28 bits per heavy atom. The van der Waals surface area contributed by atoms with E-state index in [1.165, 1.54) is 18.6 Å². The molecule has 1 aliphatic rings. The standard InChI is InChI=1S/C13H18F2N2.ClH/c14-13(15)11-5-3-10(4-6-11)9-17-7-1-2-12(17)8-16;/h3-6,12-13H,1-2,7-9,16H2;1H. The zero-order valence-corrected chi connectivity index (χ0v) is 11.0. The maximum absolute atomic E-state index is 12.4. The van der Waals surface area contributed by atoms with Crippen LogP contribution in [0.5, 0.6) is 0 Å². The van der Waals surface area contributed by atoms with Gasteiger partial charge >= 0.3 is 0 Å². The maximum atomic E-state index is 12.4. The molecule has 0 spiro atoms. The van der Waals surface area contributed by atoms with Gasteiger partial charge in [-0.2, -0.15) is 0 Å². The second kappa shape index (κ2) is 7.02. The number of benzene rings is 1. The first-order valence-corrected chi connectivity index (χ1v) is 6.02. The summed E-state index contributed by atoms with van der Waals surface area (Å²) in [6, 6.07) is 7.03. The van der Waals surface area contributed by atoms with E-state index in [4.69, 9.17) is 5.73 Å². The third-order valence-electron chi connectivity index (χ3n) is 3.39. The number of halogens is 3. The van der Waals surface area contributed by atoms with Crippen molar-refractivity contribution in [2.45, 2.75) is 31.9 Å². The fourth-order valence-corrected chi connectivity index (χ4v) is 2.37. The third kappa shape index (κ3) is 3.64. The molecule has 1 aromatic rings. The molecule has 0 aromatic heterocycles. The van der Waals surface area contributed by atoms with Crippen LogP contribution < -0.4 is 5.73 Å². The molecule has 1 atom stereocenters. The lowest BCUT2D eigenvalue weighted by Crippen LogP contribution is -2.34. The van der Waals surface area contributed by atoms with E-state index in [-0.39, 0.29) is 18.0 Å². The van der Waals surface area contributed by atoms with Crippen molar-refractivity contribution in [3.8, 4) is 0 Å². The van der Waals surface area contributed by atoms with E-state index in [9.17, 15) is 8.78 Å². The van der Waals surface area contributed by atoms with Gasteiger partial charge in [0.2, 0.25) is 0 Å². The van der Waals surface area contributed by atoms with E-state index < -0.39 is 6.43 Å². The molecule has 0 bridgehead atoms. The van der Waals surface area contributed by atoms with E-state index in [0.717, 1.165) is 25.1 Å². The highest BCUT2D eigenvalue weighted by atomic mass is 35.5. The van der Waals surface area contributed by atoms with Crippen molar-refractivity contribution in [3.63, 3.8) is 0 Å². The normalized spacial score (nSPS) is 20.1. The predicted molar refractivity (Wildman–Crippen MR) is 71.1 cm³/mol. The van der Waals surface area contributed by atoms with Gasteiger partial charge in [-0.15, -0.1) is 12.4 Å². The highest BCUT2D eigenvalue weighted by Gasteiger charge is 2.22. The molecule has 1 saturated heterocycles. The van der Waals surface area contributed by atoms with Gasteiger partial charge in [0.1, 0.15) is 0 Å². The van der Waals surface area contributed by atoms with Crippen LogP contribution >= 0.6 is 12.4 Å². The number of likely N-dealkylation sites (tertiary alicyclic amines) is 1. The Hall–Kier alpha value is -0.710. The van der Waals surface area contributed by atoms with E-state index in [1.807, 2.05) is 0 Å². The molecule has 0 saturated carbocycles. The van der Waals surface area contributed by atoms with Crippen LogP contribution in [0.2, 0.25) is 0 Å². The second-order valence-corrected chi connectivity index (χ2v) is 4.54. The monoisotopic (exact) mass is 276 g/mol. The molecular weight excluding hydrogens is 258 g/mol. The van der Waals surface area contributed by atoms with E-state index >= 15 is 0 Å². The summed E-state index contributed by atoms with van der Waals surface area (Å²) in [6.45, 7) is 2.54. The molecule has 2 nitrogen and oxygen atoms in total. The highest BCUT2D eigenvalue weighted by molar-refractivity contribution is 5.85. The molecule has 1 heterocycles. The summed E-state index contributed by atoms with van der Waals surface area (Å²) in [5.74, 6) is 0. The van der Waals surface area contributed by atoms with Crippen molar-refractivity contribution in [2.24, 2.45) is 5.73 Å². The van der Waals surface area contributed by atoms with Gasteiger partial charge in [-0.25, -0.2) is 8.78 Å². The molecule has 1 aliphatic heterocycles. The summed E-state index contributed by atoms with van der Waals surface area (Å²) >= 11 is 0. The van der Waals surface area contributed by atoms with Gasteiger partial charge in [0.15, 0.2) is 0 Å². The number of nitrogens with two attached hydrogens (primary N) is 1. The number of alkyl halides is 2. The number of nitrogens with zero attached hydrogens (tertiary/aromatic N) is 1. The summed E-state index contributed by atoms with van der Waals surface area (Å²) in [7, 11) is 0. The number of hydrogen-bond donors (Lipinski definition) is 1. The van der Waals surface area contributed by atoms with Gasteiger partial charge in [-0.05, 0) is 24.9 Å². The average Bonchev–Trinajstić information content (AvgIpc) is 2.77. The van der Waals surface area contributed by atoms with Gasteiger partial charge in [-0.3, -0.25) is 4.90 Å². The summed E-state index contributed by atoms with van der Waals surface area (Å²) in [5, 5.41) is 0. The Balaban J connectivity index is 0.00000162. The van der Waals surface area contributed by atoms with E-state index in [1.54, 1.807) is 12.1 Å². The molecule has 1 aromatic carbocycles. The number of rotatable bonds is 4. The Morgan fingerprint density at radius 2 is 1.94 bits per heavy atom. The predicted octanol–water partition coefficient (Wildman–Crippen LogP) is 2.97. The van der Waals surface area contributed by atoms with E-state index in [0.29, 0.717) is 12.6 Å². The largest absolute Gasteiger partial charge is 0.329 e. The molecule has 18 heavy (non-hydrogen) atoms. The van der Waals surface area contributed by atoms with Crippen molar-refractivity contribution in [3.05, 3.63) is 35.4 Å². The average molecular weight is 277 g/mol. The smallest absolute Gasteiger partial charge is 0.263 e. The molecule has 1 fully saturated rings. The molecule has 0 aliphatic carbocycles. The van der Waals surface area contributed by atoms with Crippen LogP contribution in [0.15, 0.2) is 24.3 Å². The van der Waals surface area contributed by atoms with Crippen molar-refractivity contribution in [1.29, 1.82) is 0 Å². The molecule has 2 rings (SSSR count). The fourth-order valence-electron chi connectivity index (χ4n) is 2.37. The lowest BCUT2D eigenvalue weighted by Gasteiger charge is -2.23. The number of hydrogen-bond acceptors (Lipinski definition) is 2. The van der Waals surface area contributed by atoms with Crippen LogP contribution in [0.25, 0.3) is 0 Å². The minimum absolute atomic E-state index is 0. The second-order valence-electron chi connectivity index (χ2n) is 4.54.